The second kappa shape index (κ2) is 6.75. The van der Waals surface area contributed by atoms with E-state index >= 15 is 0 Å². The van der Waals surface area contributed by atoms with Gasteiger partial charge < -0.3 is 0 Å². The molecule has 0 amide bonds. The summed E-state index contributed by atoms with van der Waals surface area (Å²) in [6, 6.07) is 14.5. The molecule has 0 saturated heterocycles. The molecule has 0 bridgehead atoms. The zero-order valence-corrected chi connectivity index (χ0v) is 14.4. The van der Waals surface area contributed by atoms with Gasteiger partial charge in [0, 0.05) is 12.8 Å². The molecule has 4 heteroatoms. The number of benzene rings is 2. The molecule has 0 aliphatic heterocycles. The highest BCUT2D eigenvalue weighted by Gasteiger charge is 2.58. The monoisotopic (exact) mass is 360 g/mol. The summed E-state index contributed by atoms with van der Waals surface area (Å²) in [7, 11) is 0. The Hall–Kier alpha value is -2.36. The maximum atomic E-state index is 13.7. The Morgan fingerprint density at radius 3 is 1.88 bits per heavy atom. The predicted octanol–water partition coefficient (Wildman–Crippen LogP) is 6.56. The van der Waals surface area contributed by atoms with E-state index in [1.807, 2.05) is 30.3 Å². The first-order valence-corrected chi connectivity index (χ1v) is 8.48. The SMILES string of the molecule is C=C(CCC(=C)c1ccc2c(c1)CC(F)(F)C(F)(F)C2)c1ccccc1. The van der Waals surface area contributed by atoms with Gasteiger partial charge in [0.1, 0.15) is 0 Å². The van der Waals surface area contributed by atoms with E-state index in [0.717, 1.165) is 16.7 Å². The van der Waals surface area contributed by atoms with Gasteiger partial charge in [0.15, 0.2) is 0 Å². The number of rotatable bonds is 5. The molecule has 0 fully saturated rings. The summed E-state index contributed by atoms with van der Waals surface area (Å²) in [5.74, 6) is -8.01. The van der Waals surface area contributed by atoms with Crippen molar-refractivity contribution in [2.45, 2.75) is 37.5 Å². The van der Waals surface area contributed by atoms with Crippen LogP contribution < -0.4 is 0 Å². The van der Waals surface area contributed by atoms with Gasteiger partial charge >= 0.3 is 11.8 Å². The van der Waals surface area contributed by atoms with Gasteiger partial charge in [-0.3, -0.25) is 0 Å². The summed E-state index contributed by atoms with van der Waals surface area (Å²) in [4.78, 5) is 0. The van der Waals surface area contributed by atoms with E-state index in [1.54, 1.807) is 12.1 Å². The molecule has 136 valence electrons. The van der Waals surface area contributed by atoms with Crippen molar-refractivity contribution in [3.8, 4) is 0 Å². The largest absolute Gasteiger partial charge is 0.314 e. The average Bonchev–Trinajstić information content (AvgIpc) is 2.60. The Morgan fingerprint density at radius 2 is 1.27 bits per heavy atom. The van der Waals surface area contributed by atoms with Crippen LogP contribution in [0.3, 0.4) is 0 Å². The Labute approximate surface area is 150 Å². The first kappa shape index (κ1) is 18.4. The van der Waals surface area contributed by atoms with Crippen molar-refractivity contribution in [1.29, 1.82) is 0 Å². The standard InChI is InChI=1S/C22H20F4/c1-15(17-6-4-3-5-7-17)8-9-16(2)18-10-11-19-13-21(23,24)22(25,26)14-20(19)12-18/h3-7,10-12H,1-2,8-9,13-14H2. The molecule has 1 aliphatic rings. The van der Waals surface area contributed by atoms with E-state index in [4.69, 9.17) is 0 Å². The first-order valence-electron chi connectivity index (χ1n) is 8.48. The Kier molecular flexibility index (Phi) is 4.78. The van der Waals surface area contributed by atoms with Crippen LogP contribution in [0.1, 0.15) is 35.1 Å². The molecule has 3 rings (SSSR count). The van der Waals surface area contributed by atoms with Crippen molar-refractivity contribution in [3.05, 3.63) is 83.9 Å². The van der Waals surface area contributed by atoms with E-state index in [1.165, 1.54) is 6.07 Å². The zero-order chi connectivity index (χ0) is 18.9. The molecule has 26 heavy (non-hydrogen) atoms. The minimum atomic E-state index is -4.01. The quantitative estimate of drug-likeness (QED) is 0.530. The van der Waals surface area contributed by atoms with Gasteiger partial charge in [0.05, 0.1) is 0 Å². The summed E-state index contributed by atoms with van der Waals surface area (Å²) in [5, 5.41) is 0. The summed E-state index contributed by atoms with van der Waals surface area (Å²) in [5.41, 5.74) is 4.08. The van der Waals surface area contributed by atoms with Crippen LogP contribution in [0.15, 0.2) is 61.7 Å². The molecule has 0 spiro atoms. The van der Waals surface area contributed by atoms with E-state index in [-0.39, 0.29) is 11.1 Å². The van der Waals surface area contributed by atoms with Crippen LogP contribution >= 0.6 is 0 Å². The van der Waals surface area contributed by atoms with E-state index in [9.17, 15) is 17.6 Å². The Bertz CT molecular complexity index is 834. The van der Waals surface area contributed by atoms with Crippen LogP contribution in [-0.2, 0) is 12.8 Å². The molecule has 0 heterocycles. The van der Waals surface area contributed by atoms with Crippen LogP contribution in [0.25, 0.3) is 11.1 Å². The second-order valence-corrected chi connectivity index (χ2v) is 6.82. The summed E-state index contributed by atoms with van der Waals surface area (Å²) in [6.07, 6.45) is -0.548. The second-order valence-electron chi connectivity index (χ2n) is 6.82. The third kappa shape index (κ3) is 3.59. The maximum Gasteiger partial charge on any atom is 0.314 e. The molecule has 0 radical (unpaired) electrons. The molecule has 2 aromatic carbocycles. The molecule has 0 atom stereocenters. The van der Waals surface area contributed by atoms with Gasteiger partial charge in [-0.1, -0.05) is 61.7 Å². The van der Waals surface area contributed by atoms with Crippen LogP contribution in [-0.4, -0.2) is 11.8 Å². The molecule has 0 saturated carbocycles. The number of allylic oxidation sites excluding steroid dienone is 2. The fourth-order valence-corrected chi connectivity index (χ4v) is 3.18. The number of alkyl halides is 4. The molecular weight excluding hydrogens is 340 g/mol. The third-order valence-corrected chi connectivity index (χ3v) is 4.89. The van der Waals surface area contributed by atoms with Gasteiger partial charge in [0.2, 0.25) is 0 Å². The maximum absolute atomic E-state index is 13.7. The lowest BCUT2D eigenvalue weighted by atomic mass is 9.84. The smallest absolute Gasteiger partial charge is 0.200 e. The van der Waals surface area contributed by atoms with Gasteiger partial charge in [-0.15, -0.1) is 0 Å². The first-order chi connectivity index (χ1) is 12.2. The number of hydrogen-bond acceptors (Lipinski definition) is 0. The normalized spacial score (nSPS) is 17.4. The van der Waals surface area contributed by atoms with Gasteiger partial charge in [-0.2, -0.15) is 17.6 Å². The molecular formula is C22H20F4. The molecule has 0 aromatic heterocycles. The van der Waals surface area contributed by atoms with Gasteiger partial charge in [-0.25, -0.2) is 0 Å². The topological polar surface area (TPSA) is 0 Å². The summed E-state index contributed by atoms with van der Waals surface area (Å²) < 4.78 is 54.3. The minimum Gasteiger partial charge on any atom is -0.200 e. The van der Waals surface area contributed by atoms with Crippen molar-refractivity contribution in [1.82, 2.24) is 0 Å². The molecule has 0 unspecified atom stereocenters. The number of halogens is 4. The Morgan fingerprint density at radius 1 is 0.731 bits per heavy atom. The third-order valence-electron chi connectivity index (χ3n) is 4.89. The lowest BCUT2D eigenvalue weighted by Gasteiger charge is -2.32. The fraction of sp³-hybridized carbons (Fsp3) is 0.273. The highest BCUT2D eigenvalue weighted by Crippen LogP contribution is 2.44. The lowest BCUT2D eigenvalue weighted by molar-refractivity contribution is -0.211. The number of fused-ring (bicyclic) bond motifs is 1. The van der Waals surface area contributed by atoms with Crippen LogP contribution in [0.5, 0.6) is 0 Å². The van der Waals surface area contributed by atoms with Crippen molar-refractivity contribution in [3.63, 3.8) is 0 Å². The van der Waals surface area contributed by atoms with Crippen molar-refractivity contribution in [2.75, 3.05) is 0 Å². The zero-order valence-electron chi connectivity index (χ0n) is 14.4. The molecule has 1 aliphatic carbocycles. The van der Waals surface area contributed by atoms with Gasteiger partial charge in [-0.05, 0) is 46.2 Å². The predicted molar refractivity (Wildman–Crippen MR) is 97.5 cm³/mol. The molecule has 0 N–H and O–H groups in total. The Balaban J connectivity index is 1.71. The highest BCUT2D eigenvalue weighted by molar-refractivity contribution is 5.69. The van der Waals surface area contributed by atoms with E-state index in [2.05, 4.69) is 13.2 Å². The number of hydrogen-bond donors (Lipinski definition) is 0. The van der Waals surface area contributed by atoms with E-state index in [0.29, 0.717) is 18.4 Å². The summed E-state index contributed by atoms with van der Waals surface area (Å²) >= 11 is 0. The summed E-state index contributed by atoms with van der Waals surface area (Å²) in [6.45, 7) is 8.10. The van der Waals surface area contributed by atoms with Crippen molar-refractivity contribution >= 4 is 11.1 Å². The molecule has 2 aromatic rings. The lowest BCUT2D eigenvalue weighted by Crippen LogP contribution is -2.47. The van der Waals surface area contributed by atoms with Crippen LogP contribution in [0, 0.1) is 0 Å². The van der Waals surface area contributed by atoms with Crippen LogP contribution in [0.4, 0.5) is 17.6 Å². The van der Waals surface area contributed by atoms with E-state index < -0.39 is 24.7 Å². The van der Waals surface area contributed by atoms with Crippen molar-refractivity contribution < 1.29 is 17.6 Å². The fourth-order valence-electron chi connectivity index (χ4n) is 3.18. The van der Waals surface area contributed by atoms with Gasteiger partial charge in [0.25, 0.3) is 0 Å². The highest BCUT2D eigenvalue weighted by atomic mass is 19.3. The van der Waals surface area contributed by atoms with Crippen molar-refractivity contribution in [2.24, 2.45) is 0 Å². The average molecular weight is 360 g/mol. The minimum absolute atomic E-state index is 0.279. The van der Waals surface area contributed by atoms with Crippen LogP contribution in [0.2, 0.25) is 0 Å². The molecule has 0 nitrogen and oxygen atoms in total.